The van der Waals surface area contributed by atoms with Gasteiger partial charge in [-0.05, 0) is 30.0 Å². The van der Waals surface area contributed by atoms with Crippen LogP contribution in [0.4, 0.5) is 0 Å². The van der Waals surface area contributed by atoms with Gasteiger partial charge in [0.1, 0.15) is 0 Å². The number of hydrogen-bond acceptors (Lipinski definition) is 3. The first kappa shape index (κ1) is 9.28. The normalized spacial score (nSPS) is 22.0. The maximum absolute atomic E-state index is 11.7. The second-order valence-corrected chi connectivity index (χ2v) is 5.57. The van der Waals surface area contributed by atoms with Crippen molar-refractivity contribution in [3.05, 3.63) is 22.4 Å². The molecule has 0 amide bonds. The van der Waals surface area contributed by atoms with E-state index in [1.807, 2.05) is 29.3 Å². The number of rotatable bonds is 3. The fourth-order valence-electron chi connectivity index (χ4n) is 1.53. The van der Waals surface area contributed by atoms with Crippen molar-refractivity contribution in [3.63, 3.8) is 0 Å². The van der Waals surface area contributed by atoms with Gasteiger partial charge in [0.15, 0.2) is 5.78 Å². The number of ketones is 1. The molecule has 1 atom stereocenters. The van der Waals surface area contributed by atoms with E-state index >= 15 is 0 Å². The highest BCUT2D eigenvalue weighted by molar-refractivity contribution is 8.00. The molecule has 1 aliphatic rings. The zero-order chi connectivity index (χ0) is 9.10. The van der Waals surface area contributed by atoms with Crippen LogP contribution in [-0.4, -0.2) is 16.8 Å². The standard InChI is InChI=1S/C10H12OS2/c11-9(10-4-2-6-13-10)7-8-3-1-5-12-8/h1,3,5,10H,2,4,6-7H2. The molecular formula is C10H12OS2. The summed E-state index contributed by atoms with van der Waals surface area (Å²) in [7, 11) is 0. The van der Waals surface area contributed by atoms with Crippen molar-refractivity contribution < 1.29 is 4.79 Å². The predicted molar refractivity (Wildman–Crippen MR) is 58.5 cm³/mol. The number of carbonyl (C=O) groups is 1. The van der Waals surface area contributed by atoms with E-state index in [9.17, 15) is 4.79 Å². The van der Waals surface area contributed by atoms with Crippen molar-refractivity contribution in [2.45, 2.75) is 24.5 Å². The van der Waals surface area contributed by atoms with Gasteiger partial charge >= 0.3 is 0 Å². The lowest BCUT2D eigenvalue weighted by molar-refractivity contribution is -0.117. The molecule has 0 aromatic carbocycles. The fourth-order valence-corrected chi connectivity index (χ4v) is 3.47. The Hall–Kier alpha value is -0.280. The van der Waals surface area contributed by atoms with Crippen molar-refractivity contribution in [2.75, 3.05) is 5.75 Å². The molecule has 13 heavy (non-hydrogen) atoms. The minimum Gasteiger partial charge on any atom is -0.298 e. The molecule has 0 aliphatic carbocycles. The van der Waals surface area contributed by atoms with Crippen LogP contribution >= 0.6 is 23.1 Å². The van der Waals surface area contributed by atoms with Gasteiger partial charge in [0.25, 0.3) is 0 Å². The van der Waals surface area contributed by atoms with Crippen molar-refractivity contribution in [1.29, 1.82) is 0 Å². The molecule has 1 aliphatic heterocycles. The molecule has 0 bridgehead atoms. The topological polar surface area (TPSA) is 17.1 Å². The lowest BCUT2D eigenvalue weighted by atomic mass is 10.1. The molecular weight excluding hydrogens is 200 g/mol. The lowest BCUT2D eigenvalue weighted by Gasteiger charge is -2.04. The van der Waals surface area contributed by atoms with E-state index < -0.39 is 0 Å². The van der Waals surface area contributed by atoms with Gasteiger partial charge in [-0.15, -0.1) is 11.3 Å². The highest BCUT2D eigenvalue weighted by atomic mass is 32.2. The summed E-state index contributed by atoms with van der Waals surface area (Å²) in [6.07, 6.45) is 2.95. The average molecular weight is 212 g/mol. The van der Waals surface area contributed by atoms with Crippen LogP contribution < -0.4 is 0 Å². The molecule has 0 radical (unpaired) electrons. The third-order valence-corrected chi connectivity index (χ3v) is 4.52. The summed E-state index contributed by atoms with van der Waals surface area (Å²) in [4.78, 5) is 12.9. The number of thioether (sulfide) groups is 1. The quantitative estimate of drug-likeness (QED) is 0.766. The van der Waals surface area contributed by atoms with E-state index in [1.165, 1.54) is 17.1 Å². The Labute approximate surface area is 86.5 Å². The van der Waals surface area contributed by atoms with Crippen molar-refractivity contribution in [3.8, 4) is 0 Å². The number of carbonyl (C=O) groups excluding carboxylic acids is 1. The Morgan fingerprint density at radius 3 is 3.15 bits per heavy atom. The Balaban J connectivity index is 1.91. The van der Waals surface area contributed by atoms with Crippen LogP contribution in [0.1, 0.15) is 17.7 Å². The minimum atomic E-state index is 0.294. The van der Waals surface area contributed by atoms with Gasteiger partial charge in [0.05, 0.1) is 5.25 Å². The second kappa shape index (κ2) is 4.29. The van der Waals surface area contributed by atoms with Gasteiger partial charge in [-0.3, -0.25) is 4.79 Å². The van der Waals surface area contributed by atoms with Gasteiger partial charge in [-0.1, -0.05) is 6.07 Å². The van der Waals surface area contributed by atoms with E-state index in [0.717, 1.165) is 6.42 Å². The maximum atomic E-state index is 11.7. The van der Waals surface area contributed by atoms with Crippen LogP contribution in [0.3, 0.4) is 0 Å². The van der Waals surface area contributed by atoms with Gasteiger partial charge in [0.2, 0.25) is 0 Å². The predicted octanol–water partition coefficient (Wildman–Crippen LogP) is 2.76. The summed E-state index contributed by atoms with van der Waals surface area (Å²) in [6.45, 7) is 0. The number of thiophene rings is 1. The molecule has 0 saturated carbocycles. The molecule has 1 saturated heterocycles. The smallest absolute Gasteiger partial charge is 0.150 e. The van der Waals surface area contributed by atoms with Crippen molar-refractivity contribution >= 4 is 28.9 Å². The second-order valence-electron chi connectivity index (χ2n) is 3.22. The fraction of sp³-hybridized carbons (Fsp3) is 0.500. The first-order valence-electron chi connectivity index (χ1n) is 4.53. The highest BCUT2D eigenvalue weighted by Crippen LogP contribution is 2.28. The summed E-state index contributed by atoms with van der Waals surface area (Å²) >= 11 is 3.51. The monoisotopic (exact) mass is 212 g/mol. The van der Waals surface area contributed by atoms with E-state index in [2.05, 4.69) is 0 Å². The molecule has 0 spiro atoms. The molecule has 1 aromatic rings. The zero-order valence-corrected chi connectivity index (χ0v) is 9.00. The lowest BCUT2D eigenvalue weighted by Crippen LogP contribution is -2.15. The van der Waals surface area contributed by atoms with Crippen molar-refractivity contribution in [1.82, 2.24) is 0 Å². The summed E-state index contributed by atoms with van der Waals surface area (Å²) < 4.78 is 0. The van der Waals surface area contributed by atoms with Crippen LogP contribution in [0, 0.1) is 0 Å². The molecule has 2 heterocycles. The van der Waals surface area contributed by atoms with Crippen LogP contribution in [0.2, 0.25) is 0 Å². The molecule has 1 nitrogen and oxygen atoms in total. The van der Waals surface area contributed by atoms with Crippen LogP contribution in [-0.2, 0) is 11.2 Å². The molecule has 1 fully saturated rings. The van der Waals surface area contributed by atoms with E-state index in [4.69, 9.17) is 0 Å². The number of hydrogen-bond donors (Lipinski definition) is 0. The van der Waals surface area contributed by atoms with Gasteiger partial charge in [0, 0.05) is 11.3 Å². The van der Waals surface area contributed by atoms with E-state index in [-0.39, 0.29) is 0 Å². The minimum absolute atomic E-state index is 0.294. The molecule has 3 heteroatoms. The summed E-state index contributed by atoms with van der Waals surface area (Å²) in [5, 5.41) is 2.33. The van der Waals surface area contributed by atoms with Crippen molar-refractivity contribution in [2.24, 2.45) is 0 Å². The first-order chi connectivity index (χ1) is 6.36. The Morgan fingerprint density at radius 2 is 2.54 bits per heavy atom. The first-order valence-corrected chi connectivity index (χ1v) is 6.46. The summed E-state index contributed by atoms with van der Waals surface area (Å²) in [5.74, 6) is 1.59. The molecule has 70 valence electrons. The average Bonchev–Trinajstić information content (AvgIpc) is 2.74. The largest absolute Gasteiger partial charge is 0.298 e. The Bertz CT molecular complexity index is 273. The van der Waals surface area contributed by atoms with Crippen LogP contribution in [0.5, 0.6) is 0 Å². The van der Waals surface area contributed by atoms with E-state index in [0.29, 0.717) is 17.5 Å². The molecule has 0 N–H and O–H groups in total. The van der Waals surface area contributed by atoms with Gasteiger partial charge in [-0.25, -0.2) is 0 Å². The van der Waals surface area contributed by atoms with Crippen LogP contribution in [0.25, 0.3) is 0 Å². The summed E-state index contributed by atoms with van der Waals surface area (Å²) in [5.41, 5.74) is 0. The molecule has 2 rings (SSSR count). The Kier molecular flexibility index (Phi) is 3.06. The number of Topliss-reactive ketones (excluding diaryl/α,β-unsaturated/α-hetero) is 1. The third kappa shape index (κ3) is 2.35. The van der Waals surface area contributed by atoms with Crippen LogP contribution in [0.15, 0.2) is 17.5 Å². The Morgan fingerprint density at radius 1 is 1.62 bits per heavy atom. The molecule has 1 unspecified atom stereocenters. The third-order valence-electron chi connectivity index (χ3n) is 2.22. The van der Waals surface area contributed by atoms with E-state index in [1.54, 1.807) is 11.3 Å². The zero-order valence-electron chi connectivity index (χ0n) is 7.36. The van der Waals surface area contributed by atoms with Gasteiger partial charge < -0.3 is 0 Å². The molecule has 1 aromatic heterocycles. The maximum Gasteiger partial charge on any atom is 0.150 e. The SMILES string of the molecule is O=C(Cc1cccs1)C1CCCS1. The summed E-state index contributed by atoms with van der Waals surface area (Å²) in [6, 6.07) is 4.05. The highest BCUT2D eigenvalue weighted by Gasteiger charge is 2.23. The van der Waals surface area contributed by atoms with Gasteiger partial charge in [-0.2, -0.15) is 11.8 Å².